The second kappa shape index (κ2) is 11.5. The van der Waals surface area contributed by atoms with Crippen LogP contribution in [0, 0.1) is 0 Å². The van der Waals surface area contributed by atoms with Gasteiger partial charge in [0.1, 0.15) is 0 Å². The largest absolute Gasteiger partial charge is 0.361 e. The summed E-state index contributed by atoms with van der Waals surface area (Å²) in [5, 5.41) is 2.71. The summed E-state index contributed by atoms with van der Waals surface area (Å²) in [6.45, 7) is 3.29. The standard InChI is InChI=1S/C16H20ClN3O2S.C6H5Cl/c17-13-2-3-16-14(10-13)15(11-18-16)12-4-8-20(9-5-12)7-1-6-19-23(21)22;7-6-4-2-1-3-5-6/h2-4,10-11,18,23H,1,5-9H2,(H,19,21,22);1-5H. The van der Waals surface area contributed by atoms with Crippen molar-refractivity contribution in [3.63, 3.8) is 0 Å². The lowest BCUT2D eigenvalue weighted by molar-refractivity contribution is 0.298. The Morgan fingerprint density at radius 3 is 2.50 bits per heavy atom. The SMILES string of the molecule is Clc1ccccc1.O=[SH](=O)NCCCN1CC=C(c2c[nH]c3ccc(Cl)cc23)CC1. The van der Waals surface area contributed by atoms with Crippen LogP contribution in [0.5, 0.6) is 0 Å². The Balaban J connectivity index is 0.000000310. The van der Waals surface area contributed by atoms with Gasteiger partial charge in [0.25, 0.3) is 0 Å². The summed E-state index contributed by atoms with van der Waals surface area (Å²) >= 11 is 11.7. The normalized spacial score (nSPS) is 14.4. The Morgan fingerprint density at radius 2 is 1.87 bits per heavy atom. The molecule has 5 nitrogen and oxygen atoms in total. The maximum Gasteiger partial charge on any atom is 0.201 e. The minimum atomic E-state index is -2.48. The number of aromatic amines is 1. The molecule has 2 heterocycles. The summed E-state index contributed by atoms with van der Waals surface area (Å²) in [5.74, 6) is 0. The molecule has 0 amide bonds. The van der Waals surface area contributed by atoms with Crippen LogP contribution < -0.4 is 4.72 Å². The first kappa shape index (κ1) is 22.8. The summed E-state index contributed by atoms with van der Waals surface area (Å²) in [6, 6.07) is 15.3. The van der Waals surface area contributed by atoms with Crippen molar-refractivity contribution in [2.45, 2.75) is 12.8 Å². The first-order valence-corrected chi connectivity index (χ1v) is 11.7. The van der Waals surface area contributed by atoms with E-state index in [0.29, 0.717) is 6.54 Å². The number of thiol groups is 1. The van der Waals surface area contributed by atoms with Crippen molar-refractivity contribution in [3.05, 3.63) is 76.4 Å². The Kier molecular flexibility index (Phi) is 8.78. The molecule has 2 aromatic carbocycles. The molecule has 0 radical (unpaired) electrons. The molecule has 8 heteroatoms. The van der Waals surface area contributed by atoms with E-state index < -0.39 is 10.9 Å². The molecule has 0 spiro atoms. The molecule has 1 aliphatic heterocycles. The molecule has 0 bridgehead atoms. The number of aromatic nitrogens is 1. The molecule has 1 aromatic heterocycles. The summed E-state index contributed by atoms with van der Waals surface area (Å²) in [4.78, 5) is 5.64. The lowest BCUT2D eigenvalue weighted by atomic mass is 9.99. The fraction of sp³-hybridized carbons (Fsp3) is 0.273. The van der Waals surface area contributed by atoms with Gasteiger partial charge in [0.2, 0.25) is 10.9 Å². The maximum atomic E-state index is 10.4. The molecule has 0 saturated carbocycles. The molecule has 1 aliphatic rings. The highest BCUT2D eigenvalue weighted by Gasteiger charge is 2.15. The highest BCUT2D eigenvalue weighted by molar-refractivity contribution is 7.70. The average Bonchev–Trinajstić information content (AvgIpc) is 3.15. The zero-order valence-corrected chi connectivity index (χ0v) is 18.9. The van der Waals surface area contributed by atoms with Gasteiger partial charge >= 0.3 is 0 Å². The first-order valence-electron chi connectivity index (χ1n) is 9.80. The van der Waals surface area contributed by atoms with E-state index >= 15 is 0 Å². The monoisotopic (exact) mass is 465 g/mol. The number of halogens is 2. The number of benzene rings is 2. The van der Waals surface area contributed by atoms with Gasteiger partial charge in [-0.2, -0.15) is 0 Å². The van der Waals surface area contributed by atoms with Crippen LogP contribution in [0.4, 0.5) is 0 Å². The molecule has 0 fully saturated rings. The number of nitrogens with one attached hydrogen (secondary N) is 2. The molecule has 0 aliphatic carbocycles. The fourth-order valence-electron chi connectivity index (χ4n) is 3.41. The smallest absolute Gasteiger partial charge is 0.201 e. The van der Waals surface area contributed by atoms with Crippen LogP contribution in [0.15, 0.2) is 60.8 Å². The fourth-order valence-corrected chi connectivity index (χ4v) is 4.06. The van der Waals surface area contributed by atoms with E-state index in [1.54, 1.807) is 0 Å². The van der Waals surface area contributed by atoms with Crippen molar-refractivity contribution in [2.24, 2.45) is 0 Å². The van der Waals surface area contributed by atoms with Crippen molar-refractivity contribution in [3.8, 4) is 0 Å². The number of rotatable bonds is 6. The zero-order valence-electron chi connectivity index (χ0n) is 16.5. The lowest BCUT2D eigenvalue weighted by Gasteiger charge is -2.26. The molecular weight excluding hydrogens is 441 g/mol. The van der Waals surface area contributed by atoms with Gasteiger partial charge in [-0.25, -0.2) is 13.1 Å². The quantitative estimate of drug-likeness (QED) is 0.363. The topological polar surface area (TPSA) is 65.2 Å². The van der Waals surface area contributed by atoms with E-state index in [-0.39, 0.29) is 0 Å². The molecule has 2 N–H and O–H groups in total. The van der Waals surface area contributed by atoms with Crippen LogP contribution in [0.1, 0.15) is 18.4 Å². The summed E-state index contributed by atoms with van der Waals surface area (Å²) in [5.41, 5.74) is 3.67. The predicted molar refractivity (Wildman–Crippen MR) is 127 cm³/mol. The second-order valence-corrected chi connectivity index (χ2v) is 8.69. The minimum Gasteiger partial charge on any atom is -0.361 e. The summed E-state index contributed by atoms with van der Waals surface area (Å²) in [6.07, 6.45) is 6.13. The molecule has 160 valence electrons. The average molecular weight is 466 g/mol. The highest BCUT2D eigenvalue weighted by atomic mass is 35.5. The van der Waals surface area contributed by atoms with Crippen molar-refractivity contribution >= 4 is 50.6 Å². The molecule has 4 rings (SSSR count). The van der Waals surface area contributed by atoms with E-state index in [4.69, 9.17) is 23.2 Å². The third-order valence-electron chi connectivity index (χ3n) is 4.91. The Hall–Kier alpha value is -1.83. The van der Waals surface area contributed by atoms with E-state index in [1.807, 2.05) is 48.5 Å². The van der Waals surface area contributed by atoms with E-state index in [1.165, 1.54) is 16.5 Å². The summed E-state index contributed by atoms with van der Waals surface area (Å²) < 4.78 is 23.3. The van der Waals surface area contributed by atoms with E-state index in [9.17, 15) is 8.42 Å². The molecule has 0 unspecified atom stereocenters. The Bertz CT molecular complexity index is 1060. The molecular formula is C22H25Cl2N3O2S. The second-order valence-electron chi connectivity index (χ2n) is 6.99. The molecule has 30 heavy (non-hydrogen) atoms. The Labute approximate surface area is 188 Å². The van der Waals surface area contributed by atoms with Crippen LogP contribution in [-0.4, -0.2) is 44.5 Å². The van der Waals surface area contributed by atoms with Crippen LogP contribution >= 0.6 is 23.2 Å². The summed E-state index contributed by atoms with van der Waals surface area (Å²) in [7, 11) is -2.48. The maximum absolute atomic E-state index is 10.4. The number of fused-ring (bicyclic) bond motifs is 1. The third kappa shape index (κ3) is 6.86. The number of H-pyrrole nitrogens is 1. The van der Waals surface area contributed by atoms with Gasteiger partial charge in [0, 0.05) is 52.3 Å². The molecule has 0 atom stereocenters. The zero-order chi connectivity index (χ0) is 21.3. The van der Waals surface area contributed by atoms with Crippen LogP contribution in [-0.2, 0) is 10.9 Å². The van der Waals surface area contributed by atoms with Crippen molar-refractivity contribution in [2.75, 3.05) is 26.2 Å². The third-order valence-corrected chi connectivity index (χ3v) is 5.88. The minimum absolute atomic E-state index is 0.507. The van der Waals surface area contributed by atoms with Gasteiger partial charge in [-0.1, -0.05) is 47.5 Å². The van der Waals surface area contributed by atoms with Gasteiger partial charge in [-0.15, -0.1) is 0 Å². The van der Waals surface area contributed by atoms with Gasteiger partial charge in [0.15, 0.2) is 0 Å². The van der Waals surface area contributed by atoms with E-state index in [0.717, 1.165) is 48.0 Å². The predicted octanol–water partition coefficient (Wildman–Crippen LogP) is 4.76. The number of hydrogen-bond donors (Lipinski definition) is 3. The van der Waals surface area contributed by atoms with Crippen molar-refractivity contribution in [1.29, 1.82) is 0 Å². The number of hydrogen-bond acceptors (Lipinski definition) is 3. The van der Waals surface area contributed by atoms with Gasteiger partial charge in [0.05, 0.1) is 0 Å². The van der Waals surface area contributed by atoms with Crippen LogP contribution in [0.25, 0.3) is 16.5 Å². The molecule has 3 aromatic rings. The van der Waals surface area contributed by atoms with E-state index in [2.05, 4.69) is 26.9 Å². The van der Waals surface area contributed by atoms with Gasteiger partial charge < -0.3 is 4.98 Å². The lowest BCUT2D eigenvalue weighted by Crippen LogP contribution is -2.31. The highest BCUT2D eigenvalue weighted by Crippen LogP contribution is 2.30. The van der Waals surface area contributed by atoms with Crippen molar-refractivity contribution in [1.82, 2.24) is 14.6 Å². The van der Waals surface area contributed by atoms with Crippen LogP contribution in [0.2, 0.25) is 10.0 Å². The first-order chi connectivity index (χ1) is 14.5. The Morgan fingerprint density at radius 1 is 1.07 bits per heavy atom. The van der Waals surface area contributed by atoms with Crippen molar-refractivity contribution < 1.29 is 8.42 Å². The van der Waals surface area contributed by atoms with Gasteiger partial charge in [-0.05, 0) is 55.3 Å². The number of nitrogens with zero attached hydrogens (tertiary/aromatic N) is 1. The van der Waals surface area contributed by atoms with Crippen LogP contribution in [0.3, 0.4) is 0 Å². The van der Waals surface area contributed by atoms with Gasteiger partial charge in [-0.3, -0.25) is 4.90 Å². The molecule has 0 saturated heterocycles.